The molecule has 92 valence electrons. The van der Waals surface area contributed by atoms with Gasteiger partial charge in [-0.15, -0.1) is 0 Å². The van der Waals surface area contributed by atoms with Gasteiger partial charge in [0.1, 0.15) is 11.4 Å². The smallest absolute Gasteiger partial charge is 0.227 e. The second-order valence-electron chi connectivity index (χ2n) is 4.02. The number of amides is 1. The van der Waals surface area contributed by atoms with Crippen molar-refractivity contribution >= 4 is 39.1 Å². The van der Waals surface area contributed by atoms with Gasteiger partial charge < -0.3 is 9.64 Å². The molecule has 2 rings (SSSR count). The number of para-hydroxylation sites is 1. The Balaban J connectivity index is 2.37. The Kier molecular flexibility index (Phi) is 3.94. The largest absolute Gasteiger partial charge is 0.495 e. The molecular formula is C12H13BrClNO2. The number of ether oxygens (including phenoxy) is 1. The van der Waals surface area contributed by atoms with Gasteiger partial charge in [-0.1, -0.05) is 33.6 Å². The molecule has 0 radical (unpaired) electrons. The van der Waals surface area contributed by atoms with Crippen LogP contribution in [0.5, 0.6) is 5.75 Å². The van der Waals surface area contributed by atoms with Crippen molar-refractivity contribution in [2.24, 2.45) is 5.92 Å². The zero-order chi connectivity index (χ0) is 12.4. The molecule has 0 N–H and O–H groups in total. The maximum atomic E-state index is 12.0. The number of alkyl halides is 1. The molecule has 1 atom stereocenters. The van der Waals surface area contributed by atoms with E-state index in [-0.39, 0.29) is 5.91 Å². The third kappa shape index (κ3) is 2.43. The fraction of sp³-hybridized carbons (Fsp3) is 0.417. The molecule has 1 aliphatic heterocycles. The van der Waals surface area contributed by atoms with E-state index in [2.05, 4.69) is 15.9 Å². The topological polar surface area (TPSA) is 29.5 Å². The van der Waals surface area contributed by atoms with Crippen LogP contribution in [0.15, 0.2) is 18.2 Å². The van der Waals surface area contributed by atoms with Crippen molar-refractivity contribution < 1.29 is 9.53 Å². The summed E-state index contributed by atoms with van der Waals surface area (Å²) < 4.78 is 5.27. The van der Waals surface area contributed by atoms with Crippen LogP contribution >= 0.6 is 27.5 Å². The molecule has 1 unspecified atom stereocenters. The highest BCUT2D eigenvalue weighted by atomic mass is 79.9. The van der Waals surface area contributed by atoms with Crippen LogP contribution in [-0.4, -0.2) is 24.9 Å². The van der Waals surface area contributed by atoms with Crippen LogP contribution < -0.4 is 9.64 Å². The van der Waals surface area contributed by atoms with Gasteiger partial charge >= 0.3 is 0 Å². The number of methoxy groups -OCH3 is 1. The first-order valence-corrected chi connectivity index (χ1v) is 6.86. The fourth-order valence-electron chi connectivity index (χ4n) is 2.02. The first kappa shape index (κ1) is 12.7. The van der Waals surface area contributed by atoms with Gasteiger partial charge in [-0.2, -0.15) is 0 Å². The minimum Gasteiger partial charge on any atom is -0.495 e. The summed E-state index contributed by atoms with van der Waals surface area (Å²) >= 11 is 9.57. The third-order valence-electron chi connectivity index (χ3n) is 2.86. The molecule has 0 aliphatic carbocycles. The van der Waals surface area contributed by atoms with Crippen LogP contribution in [0.1, 0.15) is 6.42 Å². The van der Waals surface area contributed by atoms with Gasteiger partial charge in [-0.05, 0) is 18.1 Å². The predicted octanol–water partition coefficient (Wildman–Crippen LogP) is 3.10. The van der Waals surface area contributed by atoms with Gasteiger partial charge in [-0.25, -0.2) is 0 Å². The second kappa shape index (κ2) is 5.27. The highest BCUT2D eigenvalue weighted by Gasteiger charge is 2.32. The number of anilines is 1. The first-order chi connectivity index (χ1) is 8.17. The SMILES string of the molecule is COc1cccc(Cl)c1N1CC(CBr)CC1=O. The molecule has 0 saturated carbocycles. The molecule has 0 spiro atoms. The summed E-state index contributed by atoms with van der Waals surface area (Å²) in [5, 5.41) is 1.37. The summed E-state index contributed by atoms with van der Waals surface area (Å²) in [7, 11) is 1.58. The summed E-state index contributed by atoms with van der Waals surface area (Å²) in [4.78, 5) is 13.7. The molecule has 1 aromatic rings. The number of halogens is 2. The van der Waals surface area contributed by atoms with E-state index in [1.807, 2.05) is 12.1 Å². The van der Waals surface area contributed by atoms with Crippen molar-refractivity contribution in [3.8, 4) is 5.75 Å². The van der Waals surface area contributed by atoms with Gasteiger partial charge in [-0.3, -0.25) is 4.79 Å². The lowest BCUT2D eigenvalue weighted by Crippen LogP contribution is -2.25. The van der Waals surface area contributed by atoms with Crippen molar-refractivity contribution in [1.29, 1.82) is 0 Å². The van der Waals surface area contributed by atoms with Crippen LogP contribution in [0.25, 0.3) is 0 Å². The Morgan fingerprint density at radius 1 is 1.59 bits per heavy atom. The van der Waals surface area contributed by atoms with E-state index < -0.39 is 0 Å². The summed E-state index contributed by atoms with van der Waals surface area (Å²) in [5.74, 6) is 1.07. The zero-order valence-corrected chi connectivity index (χ0v) is 11.8. The lowest BCUT2D eigenvalue weighted by Gasteiger charge is -2.20. The number of rotatable bonds is 3. The molecule has 5 heteroatoms. The summed E-state index contributed by atoms with van der Waals surface area (Å²) in [5.41, 5.74) is 0.685. The molecule has 0 bridgehead atoms. The molecule has 1 amide bonds. The first-order valence-electron chi connectivity index (χ1n) is 5.36. The molecular weight excluding hydrogens is 305 g/mol. The Morgan fingerprint density at radius 3 is 2.94 bits per heavy atom. The highest BCUT2D eigenvalue weighted by Crippen LogP contribution is 2.38. The highest BCUT2D eigenvalue weighted by molar-refractivity contribution is 9.09. The standard InChI is InChI=1S/C12H13BrClNO2/c1-17-10-4-2-3-9(14)12(10)15-7-8(6-13)5-11(15)16/h2-4,8H,5-7H2,1H3. The number of benzene rings is 1. The van der Waals surface area contributed by atoms with Crippen LogP contribution in [0.2, 0.25) is 5.02 Å². The maximum Gasteiger partial charge on any atom is 0.227 e. The van der Waals surface area contributed by atoms with Gasteiger partial charge in [0.15, 0.2) is 0 Å². The number of carbonyl (C=O) groups is 1. The average molecular weight is 319 g/mol. The molecule has 1 aliphatic rings. The Hall–Kier alpha value is -0.740. The monoisotopic (exact) mass is 317 g/mol. The van der Waals surface area contributed by atoms with Crippen molar-refractivity contribution in [2.75, 3.05) is 23.9 Å². The van der Waals surface area contributed by atoms with Gasteiger partial charge in [0, 0.05) is 18.3 Å². The molecule has 3 nitrogen and oxygen atoms in total. The minimum absolute atomic E-state index is 0.0980. The molecule has 1 saturated heterocycles. The zero-order valence-electron chi connectivity index (χ0n) is 9.45. The summed E-state index contributed by atoms with van der Waals surface area (Å²) in [6.07, 6.45) is 0.555. The van der Waals surface area contributed by atoms with E-state index in [9.17, 15) is 4.79 Å². The lowest BCUT2D eigenvalue weighted by molar-refractivity contribution is -0.117. The number of nitrogens with zero attached hydrogens (tertiary/aromatic N) is 1. The molecule has 17 heavy (non-hydrogen) atoms. The number of hydrogen-bond donors (Lipinski definition) is 0. The normalized spacial score (nSPS) is 19.8. The van der Waals surface area contributed by atoms with E-state index in [0.717, 1.165) is 5.33 Å². The van der Waals surface area contributed by atoms with Crippen LogP contribution in [0, 0.1) is 5.92 Å². The number of hydrogen-bond acceptors (Lipinski definition) is 2. The van der Waals surface area contributed by atoms with Crippen LogP contribution in [0.4, 0.5) is 5.69 Å². The van der Waals surface area contributed by atoms with E-state index in [1.165, 1.54) is 0 Å². The molecule has 1 fully saturated rings. The quantitative estimate of drug-likeness (QED) is 0.802. The van der Waals surface area contributed by atoms with E-state index in [1.54, 1.807) is 18.1 Å². The summed E-state index contributed by atoms with van der Waals surface area (Å²) in [6.45, 7) is 0.685. The van der Waals surface area contributed by atoms with Gasteiger partial charge in [0.05, 0.1) is 12.1 Å². The van der Waals surface area contributed by atoms with Crippen LogP contribution in [-0.2, 0) is 4.79 Å². The van der Waals surface area contributed by atoms with Crippen molar-refractivity contribution in [1.82, 2.24) is 0 Å². The van der Waals surface area contributed by atoms with E-state index in [0.29, 0.717) is 35.3 Å². The Labute approximate surface area is 114 Å². The lowest BCUT2D eigenvalue weighted by atomic mass is 10.2. The average Bonchev–Trinajstić information content (AvgIpc) is 2.70. The van der Waals surface area contributed by atoms with Crippen molar-refractivity contribution in [3.05, 3.63) is 23.2 Å². The third-order valence-corrected chi connectivity index (χ3v) is 4.08. The Bertz CT molecular complexity index is 439. The number of carbonyl (C=O) groups excluding carboxylic acids is 1. The second-order valence-corrected chi connectivity index (χ2v) is 5.07. The molecule has 1 heterocycles. The van der Waals surface area contributed by atoms with Crippen molar-refractivity contribution in [2.45, 2.75) is 6.42 Å². The van der Waals surface area contributed by atoms with Crippen molar-refractivity contribution in [3.63, 3.8) is 0 Å². The summed E-state index contributed by atoms with van der Waals surface area (Å²) in [6, 6.07) is 5.40. The predicted molar refractivity (Wildman–Crippen MR) is 72.3 cm³/mol. The Morgan fingerprint density at radius 2 is 2.35 bits per heavy atom. The maximum absolute atomic E-state index is 12.0. The van der Waals surface area contributed by atoms with Crippen LogP contribution in [0.3, 0.4) is 0 Å². The fourth-order valence-corrected chi connectivity index (χ4v) is 2.72. The van der Waals surface area contributed by atoms with E-state index >= 15 is 0 Å². The molecule has 1 aromatic carbocycles. The molecule has 0 aromatic heterocycles. The van der Waals surface area contributed by atoms with Gasteiger partial charge in [0.2, 0.25) is 5.91 Å². The minimum atomic E-state index is 0.0980. The van der Waals surface area contributed by atoms with Gasteiger partial charge in [0.25, 0.3) is 0 Å². The van der Waals surface area contributed by atoms with E-state index in [4.69, 9.17) is 16.3 Å².